The van der Waals surface area contributed by atoms with E-state index in [1.807, 2.05) is 12.1 Å². The summed E-state index contributed by atoms with van der Waals surface area (Å²) in [6.45, 7) is 0.285. The largest absolute Gasteiger partial charge is 0.497 e. The van der Waals surface area contributed by atoms with Gasteiger partial charge in [0.1, 0.15) is 5.75 Å². The zero-order valence-corrected chi connectivity index (χ0v) is 9.15. The van der Waals surface area contributed by atoms with E-state index in [0.717, 1.165) is 18.1 Å². The minimum absolute atomic E-state index is 0.285. The summed E-state index contributed by atoms with van der Waals surface area (Å²) in [5.74, 6) is 2.24. The Morgan fingerprint density at radius 1 is 1.33 bits per heavy atom. The first-order valence-corrected chi connectivity index (χ1v) is 5.60. The Bertz CT molecular complexity index is 301. The monoisotopic (exact) mass is 206 g/mol. The van der Waals surface area contributed by atoms with Crippen molar-refractivity contribution in [1.29, 1.82) is 0 Å². The highest BCUT2D eigenvalue weighted by Gasteiger charge is 2.31. The average Bonchev–Trinajstić information content (AvgIpc) is 3.10. The van der Waals surface area contributed by atoms with Gasteiger partial charge in [-0.3, -0.25) is 0 Å². The van der Waals surface area contributed by atoms with Crippen LogP contribution < -0.4 is 4.74 Å². The molecule has 2 nitrogen and oxygen atoms in total. The molecular formula is C13H18O2. The summed E-state index contributed by atoms with van der Waals surface area (Å²) in [7, 11) is 1.68. The molecule has 0 radical (unpaired) electrons. The van der Waals surface area contributed by atoms with Gasteiger partial charge in [0.05, 0.1) is 7.11 Å². The Hall–Kier alpha value is -1.02. The molecule has 1 aromatic carbocycles. The van der Waals surface area contributed by atoms with Gasteiger partial charge in [-0.05, 0) is 48.8 Å². The lowest BCUT2D eigenvalue weighted by Gasteiger charge is -2.15. The molecule has 82 valence electrons. The van der Waals surface area contributed by atoms with Crippen LogP contribution in [-0.4, -0.2) is 18.8 Å². The number of methoxy groups -OCH3 is 1. The molecule has 1 saturated carbocycles. The highest BCUT2D eigenvalue weighted by molar-refractivity contribution is 5.30. The average molecular weight is 206 g/mol. The first-order chi connectivity index (χ1) is 7.35. The Morgan fingerprint density at radius 2 is 2.00 bits per heavy atom. The topological polar surface area (TPSA) is 29.5 Å². The van der Waals surface area contributed by atoms with E-state index < -0.39 is 0 Å². The Morgan fingerprint density at radius 3 is 2.47 bits per heavy atom. The molecule has 1 N–H and O–H groups in total. The summed E-state index contributed by atoms with van der Waals surface area (Å²) < 4.78 is 5.14. The van der Waals surface area contributed by atoms with E-state index in [1.54, 1.807) is 7.11 Å². The molecule has 0 heterocycles. The van der Waals surface area contributed by atoms with Crippen molar-refractivity contribution in [2.45, 2.75) is 25.2 Å². The summed E-state index contributed by atoms with van der Waals surface area (Å²) >= 11 is 0. The summed E-state index contributed by atoms with van der Waals surface area (Å²) in [6.07, 6.45) is 3.52. The molecule has 0 bridgehead atoms. The third-order valence-corrected chi connectivity index (χ3v) is 3.18. The van der Waals surface area contributed by atoms with Gasteiger partial charge < -0.3 is 9.84 Å². The number of ether oxygens (including phenoxy) is 1. The second-order valence-electron chi connectivity index (χ2n) is 4.23. The SMILES string of the molecule is COc1ccc(C(CCO)C2CC2)cc1. The molecule has 1 unspecified atom stereocenters. The number of aliphatic hydroxyl groups is 1. The highest BCUT2D eigenvalue weighted by Crippen LogP contribution is 2.44. The van der Waals surface area contributed by atoms with Gasteiger partial charge in [0.25, 0.3) is 0 Å². The summed E-state index contributed by atoms with van der Waals surface area (Å²) in [5, 5.41) is 9.05. The van der Waals surface area contributed by atoms with Gasteiger partial charge in [0.2, 0.25) is 0 Å². The van der Waals surface area contributed by atoms with Crippen molar-refractivity contribution in [1.82, 2.24) is 0 Å². The maximum atomic E-state index is 9.05. The predicted octanol–water partition coefficient (Wildman–Crippen LogP) is 2.57. The van der Waals surface area contributed by atoms with Crippen LogP contribution in [-0.2, 0) is 0 Å². The Labute approximate surface area is 90.9 Å². The second-order valence-corrected chi connectivity index (χ2v) is 4.23. The van der Waals surface area contributed by atoms with E-state index in [-0.39, 0.29) is 6.61 Å². The smallest absolute Gasteiger partial charge is 0.118 e. The molecule has 1 atom stereocenters. The predicted molar refractivity (Wildman–Crippen MR) is 60.2 cm³/mol. The van der Waals surface area contributed by atoms with E-state index in [9.17, 15) is 0 Å². The lowest BCUT2D eigenvalue weighted by molar-refractivity contribution is 0.270. The Balaban J connectivity index is 2.10. The van der Waals surface area contributed by atoms with Crippen LogP contribution >= 0.6 is 0 Å². The fourth-order valence-electron chi connectivity index (χ4n) is 2.16. The van der Waals surface area contributed by atoms with Gasteiger partial charge >= 0.3 is 0 Å². The zero-order chi connectivity index (χ0) is 10.7. The van der Waals surface area contributed by atoms with Crippen molar-refractivity contribution >= 4 is 0 Å². The first-order valence-electron chi connectivity index (χ1n) is 5.60. The van der Waals surface area contributed by atoms with Crippen LogP contribution in [0.4, 0.5) is 0 Å². The molecular weight excluding hydrogens is 188 g/mol. The summed E-state index contributed by atoms with van der Waals surface area (Å²) in [5.41, 5.74) is 1.34. The van der Waals surface area contributed by atoms with Crippen LogP contribution in [0, 0.1) is 5.92 Å². The molecule has 1 aliphatic rings. The van der Waals surface area contributed by atoms with Crippen LogP contribution in [0.2, 0.25) is 0 Å². The molecule has 0 aliphatic heterocycles. The van der Waals surface area contributed by atoms with Crippen molar-refractivity contribution < 1.29 is 9.84 Å². The number of hydrogen-bond donors (Lipinski definition) is 1. The van der Waals surface area contributed by atoms with Gasteiger partial charge in [0, 0.05) is 6.61 Å². The maximum Gasteiger partial charge on any atom is 0.118 e. The van der Waals surface area contributed by atoms with Crippen molar-refractivity contribution in [2.24, 2.45) is 5.92 Å². The molecule has 15 heavy (non-hydrogen) atoms. The molecule has 1 aromatic rings. The standard InChI is InChI=1S/C13H18O2/c1-15-12-6-4-11(5-7-12)13(8-9-14)10-2-3-10/h4-7,10,13-14H,2-3,8-9H2,1H3. The molecule has 2 rings (SSSR count). The minimum Gasteiger partial charge on any atom is -0.497 e. The van der Waals surface area contributed by atoms with Gasteiger partial charge in [-0.1, -0.05) is 12.1 Å². The van der Waals surface area contributed by atoms with E-state index in [4.69, 9.17) is 9.84 Å². The maximum absolute atomic E-state index is 9.05. The van der Waals surface area contributed by atoms with E-state index in [0.29, 0.717) is 5.92 Å². The first kappa shape index (κ1) is 10.5. The summed E-state index contributed by atoms with van der Waals surface area (Å²) in [6, 6.07) is 8.25. The third-order valence-electron chi connectivity index (χ3n) is 3.18. The van der Waals surface area contributed by atoms with Crippen LogP contribution in [0.1, 0.15) is 30.7 Å². The number of hydrogen-bond acceptors (Lipinski definition) is 2. The zero-order valence-electron chi connectivity index (χ0n) is 9.15. The van der Waals surface area contributed by atoms with Crippen molar-refractivity contribution in [3.8, 4) is 5.75 Å². The molecule has 1 aliphatic carbocycles. The molecule has 2 heteroatoms. The van der Waals surface area contributed by atoms with Gasteiger partial charge in [-0.25, -0.2) is 0 Å². The molecule has 0 amide bonds. The van der Waals surface area contributed by atoms with Crippen molar-refractivity contribution in [3.63, 3.8) is 0 Å². The van der Waals surface area contributed by atoms with Gasteiger partial charge in [0.15, 0.2) is 0 Å². The molecule has 0 spiro atoms. The number of rotatable bonds is 5. The van der Waals surface area contributed by atoms with Crippen LogP contribution in [0.5, 0.6) is 5.75 Å². The molecule has 0 saturated heterocycles. The molecule has 0 aromatic heterocycles. The quantitative estimate of drug-likeness (QED) is 0.802. The molecule has 1 fully saturated rings. The van der Waals surface area contributed by atoms with E-state index in [2.05, 4.69) is 12.1 Å². The number of benzene rings is 1. The Kier molecular flexibility index (Phi) is 3.27. The van der Waals surface area contributed by atoms with E-state index in [1.165, 1.54) is 18.4 Å². The minimum atomic E-state index is 0.285. The van der Waals surface area contributed by atoms with Crippen LogP contribution in [0.15, 0.2) is 24.3 Å². The lowest BCUT2D eigenvalue weighted by Crippen LogP contribution is -2.03. The summed E-state index contributed by atoms with van der Waals surface area (Å²) in [4.78, 5) is 0. The third kappa shape index (κ3) is 2.51. The number of aliphatic hydroxyl groups excluding tert-OH is 1. The van der Waals surface area contributed by atoms with Gasteiger partial charge in [-0.15, -0.1) is 0 Å². The normalized spacial score (nSPS) is 17.5. The lowest BCUT2D eigenvalue weighted by atomic mass is 9.91. The fourth-order valence-corrected chi connectivity index (χ4v) is 2.16. The second kappa shape index (κ2) is 4.67. The van der Waals surface area contributed by atoms with E-state index >= 15 is 0 Å². The van der Waals surface area contributed by atoms with Crippen molar-refractivity contribution in [2.75, 3.05) is 13.7 Å². The van der Waals surface area contributed by atoms with Crippen LogP contribution in [0.25, 0.3) is 0 Å². The highest BCUT2D eigenvalue weighted by atomic mass is 16.5. The van der Waals surface area contributed by atoms with Crippen LogP contribution in [0.3, 0.4) is 0 Å². The van der Waals surface area contributed by atoms with Crippen molar-refractivity contribution in [3.05, 3.63) is 29.8 Å². The fraction of sp³-hybridized carbons (Fsp3) is 0.538. The van der Waals surface area contributed by atoms with Gasteiger partial charge in [-0.2, -0.15) is 0 Å².